The molecule has 27 heavy (non-hydrogen) atoms. The monoisotopic (exact) mass is 429 g/mol. The maximum atomic E-state index is 12.2. The van der Waals surface area contributed by atoms with Crippen molar-refractivity contribution < 1.29 is 14.5 Å². The number of hydrogen-bond donors (Lipinski definition) is 0. The van der Waals surface area contributed by atoms with Gasteiger partial charge in [-0.3, -0.25) is 14.8 Å². The first kappa shape index (κ1) is 18.8. The molecule has 3 rings (SSSR count). The topological polar surface area (TPSA) is 87.3 Å². The molecule has 1 aromatic heterocycles. The summed E-state index contributed by atoms with van der Waals surface area (Å²) < 4.78 is 7.60. The van der Waals surface area contributed by atoms with Crippen molar-refractivity contribution in [2.45, 2.75) is 20.4 Å². The number of ether oxygens (including phenoxy) is 1. The molecule has 8 heteroatoms. The third kappa shape index (κ3) is 4.22. The van der Waals surface area contributed by atoms with Crippen LogP contribution in [-0.4, -0.2) is 20.7 Å². The largest absolute Gasteiger partial charge is 0.425 e. The van der Waals surface area contributed by atoms with Gasteiger partial charge in [-0.15, -0.1) is 0 Å². The summed E-state index contributed by atoms with van der Waals surface area (Å²) >= 11 is 3.40. The third-order valence-corrected chi connectivity index (χ3v) is 4.60. The highest BCUT2D eigenvalue weighted by molar-refractivity contribution is 9.10. The summed E-state index contributed by atoms with van der Waals surface area (Å²) in [7, 11) is 0. The second-order valence-corrected chi connectivity index (χ2v) is 6.86. The Labute approximate surface area is 163 Å². The van der Waals surface area contributed by atoms with Gasteiger partial charge in [0.15, 0.2) is 0 Å². The smallest absolute Gasteiger partial charge is 0.333 e. The van der Waals surface area contributed by atoms with E-state index >= 15 is 0 Å². The zero-order chi connectivity index (χ0) is 19.6. The molecule has 0 unspecified atom stereocenters. The summed E-state index contributed by atoms with van der Waals surface area (Å²) in [5, 5.41) is 15.1. The number of esters is 1. The lowest BCUT2D eigenvalue weighted by molar-refractivity contribution is -0.386. The molecular formula is C19H16BrN3O4. The molecule has 7 nitrogen and oxygen atoms in total. The Morgan fingerprint density at radius 3 is 2.19 bits per heavy atom. The molecule has 0 radical (unpaired) electrons. The Morgan fingerprint density at radius 1 is 1.11 bits per heavy atom. The first-order chi connectivity index (χ1) is 12.8. The molecule has 0 aliphatic heterocycles. The lowest BCUT2D eigenvalue weighted by Crippen LogP contribution is -2.18. The van der Waals surface area contributed by atoms with Crippen molar-refractivity contribution in [2.24, 2.45) is 0 Å². The molecule has 0 N–H and O–H groups in total. The fourth-order valence-corrected chi connectivity index (χ4v) is 3.01. The Bertz CT molecular complexity index is 995. The lowest BCUT2D eigenvalue weighted by atomic mass is 10.1. The van der Waals surface area contributed by atoms with Crippen molar-refractivity contribution in [1.82, 2.24) is 9.78 Å². The number of nitro groups is 1. The SMILES string of the molecule is Cc1nn(CC(=O)Oc2ccc(-c3ccc(Br)cc3)cc2)c(C)c1[N+](=O)[O-]. The van der Waals surface area contributed by atoms with E-state index in [1.165, 1.54) is 11.6 Å². The maximum Gasteiger partial charge on any atom is 0.333 e. The minimum absolute atomic E-state index is 0.0818. The second kappa shape index (κ2) is 7.71. The van der Waals surface area contributed by atoms with Crippen LogP contribution in [0.3, 0.4) is 0 Å². The molecule has 1 heterocycles. The lowest BCUT2D eigenvalue weighted by Gasteiger charge is -2.07. The molecule has 0 atom stereocenters. The van der Waals surface area contributed by atoms with Crippen molar-refractivity contribution in [3.8, 4) is 16.9 Å². The molecular weight excluding hydrogens is 414 g/mol. The number of rotatable bonds is 5. The van der Waals surface area contributed by atoms with Gasteiger partial charge >= 0.3 is 11.7 Å². The van der Waals surface area contributed by atoms with Crippen LogP contribution in [0.15, 0.2) is 53.0 Å². The van der Waals surface area contributed by atoms with Crippen LogP contribution >= 0.6 is 15.9 Å². The average Bonchev–Trinajstić information content (AvgIpc) is 2.90. The fourth-order valence-electron chi connectivity index (χ4n) is 2.75. The average molecular weight is 430 g/mol. The van der Waals surface area contributed by atoms with E-state index in [0.717, 1.165) is 15.6 Å². The van der Waals surface area contributed by atoms with Crippen LogP contribution in [0, 0.1) is 24.0 Å². The van der Waals surface area contributed by atoms with Gasteiger partial charge in [-0.25, -0.2) is 4.79 Å². The predicted octanol–water partition coefficient (Wildman–Crippen LogP) is 4.44. The number of benzene rings is 2. The van der Waals surface area contributed by atoms with Gasteiger partial charge in [-0.2, -0.15) is 5.10 Å². The highest BCUT2D eigenvalue weighted by Crippen LogP contribution is 2.25. The fraction of sp³-hybridized carbons (Fsp3) is 0.158. The summed E-state index contributed by atoms with van der Waals surface area (Å²) in [6, 6.07) is 15.0. The van der Waals surface area contributed by atoms with Gasteiger partial charge in [0.25, 0.3) is 0 Å². The van der Waals surface area contributed by atoms with Crippen molar-refractivity contribution in [3.63, 3.8) is 0 Å². The van der Waals surface area contributed by atoms with E-state index in [0.29, 0.717) is 11.4 Å². The Balaban J connectivity index is 1.69. The van der Waals surface area contributed by atoms with Crippen LogP contribution < -0.4 is 4.74 Å². The standard InChI is InChI=1S/C19H16BrN3O4/c1-12-19(23(25)26)13(2)22(21-12)11-18(24)27-17-9-5-15(6-10-17)14-3-7-16(20)8-4-14/h3-10H,11H2,1-2H3. The van der Waals surface area contributed by atoms with Gasteiger partial charge < -0.3 is 4.74 Å². The van der Waals surface area contributed by atoms with Gasteiger partial charge in [0.1, 0.15) is 23.7 Å². The molecule has 0 aliphatic carbocycles. The quantitative estimate of drug-likeness (QED) is 0.259. The highest BCUT2D eigenvalue weighted by atomic mass is 79.9. The van der Waals surface area contributed by atoms with E-state index in [9.17, 15) is 14.9 Å². The number of aromatic nitrogens is 2. The number of nitrogens with zero attached hydrogens (tertiary/aromatic N) is 3. The number of hydrogen-bond acceptors (Lipinski definition) is 5. The molecule has 0 saturated heterocycles. The Kier molecular flexibility index (Phi) is 5.36. The van der Waals surface area contributed by atoms with Crippen LogP contribution in [0.1, 0.15) is 11.4 Å². The Morgan fingerprint density at radius 2 is 1.67 bits per heavy atom. The first-order valence-corrected chi connectivity index (χ1v) is 8.89. The summed E-state index contributed by atoms with van der Waals surface area (Å²) in [6.07, 6.45) is 0. The summed E-state index contributed by atoms with van der Waals surface area (Å²) in [4.78, 5) is 22.7. The van der Waals surface area contributed by atoms with Crippen molar-refractivity contribution in [3.05, 3.63) is 74.5 Å². The molecule has 0 saturated carbocycles. The minimum Gasteiger partial charge on any atom is -0.425 e. The van der Waals surface area contributed by atoms with Crippen molar-refractivity contribution >= 4 is 27.6 Å². The maximum absolute atomic E-state index is 12.2. The molecule has 138 valence electrons. The van der Waals surface area contributed by atoms with Crippen LogP contribution in [0.4, 0.5) is 5.69 Å². The molecule has 0 spiro atoms. The van der Waals surface area contributed by atoms with Crippen LogP contribution in [-0.2, 0) is 11.3 Å². The first-order valence-electron chi connectivity index (χ1n) is 8.10. The van der Waals surface area contributed by atoms with Gasteiger partial charge in [0.05, 0.1) is 4.92 Å². The van der Waals surface area contributed by atoms with E-state index in [2.05, 4.69) is 21.0 Å². The number of carbonyl (C=O) groups excluding carboxylic acids is 1. The molecule has 0 fully saturated rings. The highest BCUT2D eigenvalue weighted by Gasteiger charge is 2.23. The normalized spacial score (nSPS) is 10.6. The van der Waals surface area contributed by atoms with Crippen molar-refractivity contribution in [1.29, 1.82) is 0 Å². The van der Waals surface area contributed by atoms with Gasteiger partial charge in [0.2, 0.25) is 0 Å². The van der Waals surface area contributed by atoms with Crippen LogP contribution in [0.2, 0.25) is 0 Å². The zero-order valence-electron chi connectivity index (χ0n) is 14.7. The summed E-state index contributed by atoms with van der Waals surface area (Å²) in [5.74, 6) is -0.149. The molecule has 3 aromatic rings. The third-order valence-electron chi connectivity index (χ3n) is 4.07. The molecule has 0 aliphatic rings. The van der Waals surface area contributed by atoms with Gasteiger partial charge in [-0.1, -0.05) is 40.2 Å². The molecule has 0 bridgehead atoms. The summed E-state index contributed by atoms with van der Waals surface area (Å²) in [5.41, 5.74) is 2.55. The van der Waals surface area contributed by atoms with Crippen LogP contribution in [0.25, 0.3) is 11.1 Å². The van der Waals surface area contributed by atoms with Crippen LogP contribution in [0.5, 0.6) is 5.75 Å². The van der Waals surface area contributed by atoms with E-state index in [4.69, 9.17) is 4.74 Å². The van der Waals surface area contributed by atoms with Crippen molar-refractivity contribution in [2.75, 3.05) is 0 Å². The van der Waals surface area contributed by atoms with E-state index in [-0.39, 0.29) is 17.9 Å². The number of carbonyl (C=O) groups is 1. The van der Waals surface area contributed by atoms with Gasteiger partial charge in [-0.05, 0) is 49.2 Å². The molecule has 2 aromatic carbocycles. The number of aryl methyl sites for hydroxylation is 1. The number of halogens is 1. The van der Waals surface area contributed by atoms with Gasteiger partial charge in [0, 0.05) is 4.47 Å². The predicted molar refractivity (Wildman–Crippen MR) is 104 cm³/mol. The van der Waals surface area contributed by atoms with E-state index in [1.807, 2.05) is 36.4 Å². The Hall–Kier alpha value is -3.00. The second-order valence-electron chi connectivity index (χ2n) is 5.94. The minimum atomic E-state index is -0.549. The molecule has 0 amide bonds. The van der Waals surface area contributed by atoms with E-state index in [1.54, 1.807) is 19.1 Å². The zero-order valence-corrected chi connectivity index (χ0v) is 16.3. The summed E-state index contributed by atoms with van der Waals surface area (Å²) in [6.45, 7) is 2.89. The van der Waals surface area contributed by atoms with E-state index < -0.39 is 10.9 Å².